The van der Waals surface area contributed by atoms with Gasteiger partial charge in [0, 0.05) is 25.1 Å². The summed E-state index contributed by atoms with van der Waals surface area (Å²) in [5.74, 6) is 1.07. The molecule has 1 aliphatic rings. The largest absolute Gasteiger partial charge is 0.374 e. The fourth-order valence-electron chi connectivity index (χ4n) is 2.75. The molecule has 1 atom stereocenters. The third kappa shape index (κ3) is 4.12. The molecule has 8 nitrogen and oxygen atoms in total. The number of aromatic nitrogens is 4. The zero-order valence-corrected chi connectivity index (χ0v) is 14.8. The highest BCUT2D eigenvalue weighted by atomic mass is 32.2. The van der Waals surface area contributed by atoms with Crippen LogP contribution >= 0.6 is 23.1 Å². The van der Waals surface area contributed by atoms with Crippen molar-refractivity contribution in [3.05, 3.63) is 27.9 Å². The first kappa shape index (κ1) is 16.9. The van der Waals surface area contributed by atoms with Crippen molar-refractivity contribution < 1.29 is 4.79 Å². The number of carbonyl (C=O) groups is 1. The highest BCUT2D eigenvalue weighted by Gasteiger charge is 2.26. The van der Waals surface area contributed by atoms with Gasteiger partial charge in [-0.2, -0.15) is 0 Å². The molecule has 0 radical (unpaired) electrons. The average molecular weight is 366 g/mol. The van der Waals surface area contributed by atoms with Gasteiger partial charge in [-0.25, -0.2) is 4.98 Å². The number of nitrogens with one attached hydrogen (secondary N) is 1. The van der Waals surface area contributed by atoms with Crippen molar-refractivity contribution in [1.29, 1.82) is 0 Å². The van der Waals surface area contributed by atoms with Gasteiger partial charge in [-0.1, -0.05) is 23.1 Å². The Hall–Kier alpha value is -1.94. The molecule has 3 rings (SSSR count). The maximum Gasteiger partial charge on any atom is 0.251 e. The molecule has 2 aromatic heterocycles. The van der Waals surface area contributed by atoms with E-state index in [9.17, 15) is 9.59 Å². The zero-order chi connectivity index (χ0) is 17.1. The predicted octanol–water partition coefficient (Wildman–Crippen LogP) is 1.01. The molecule has 0 aliphatic carbocycles. The van der Waals surface area contributed by atoms with E-state index >= 15 is 0 Å². The molecule has 128 valence electrons. The SMILES string of the molecule is Cc1nc(C2CCCN(C(=O)CSc3nnc(N)s3)C2)cc(=O)[nH]1. The van der Waals surface area contributed by atoms with Crippen LogP contribution in [0.1, 0.15) is 30.3 Å². The summed E-state index contributed by atoms with van der Waals surface area (Å²) < 4.78 is 0.696. The molecule has 3 N–H and O–H groups in total. The summed E-state index contributed by atoms with van der Waals surface area (Å²) in [6.45, 7) is 3.09. The molecule has 0 bridgehead atoms. The Morgan fingerprint density at radius 2 is 2.38 bits per heavy atom. The van der Waals surface area contributed by atoms with Crippen molar-refractivity contribution in [3.63, 3.8) is 0 Å². The van der Waals surface area contributed by atoms with Crippen molar-refractivity contribution >= 4 is 34.1 Å². The minimum atomic E-state index is -0.148. The summed E-state index contributed by atoms with van der Waals surface area (Å²) in [4.78, 5) is 33.0. The molecule has 0 spiro atoms. The molecule has 3 heterocycles. The van der Waals surface area contributed by atoms with Gasteiger partial charge < -0.3 is 15.6 Å². The van der Waals surface area contributed by atoms with E-state index in [1.54, 1.807) is 6.92 Å². The fourth-order valence-corrected chi connectivity index (χ4v) is 4.29. The second kappa shape index (κ2) is 7.31. The van der Waals surface area contributed by atoms with Gasteiger partial charge in [-0.15, -0.1) is 10.2 Å². The smallest absolute Gasteiger partial charge is 0.251 e. The third-order valence-electron chi connectivity index (χ3n) is 3.81. The summed E-state index contributed by atoms with van der Waals surface area (Å²) in [6, 6.07) is 1.53. The van der Waals surface area contributed by atoms with Gasteiger partial charge in [0.2, 0.25) is 11.0 Å². The highest BCUT2D eigenvalue weighted by Crippen LogP contribution is 2.27. The lowest BCUT2D eigenvalue weighted by Gasteiger charge is -2.32. The number of aromatic amines is 1. The topological polar surface area (TPSA) is 118 Å². The van der Waals surface area contributed by atoms with Gasteiger partial charge in [0.15, 0.2) is 4.34 Å². The average Bonchev–Trinajstić information content (AvgIpc) is 2.97. The number of piperidine rings is 1. The van der Waals surface area contributed by atoms with E-state index < -0.39 is 0 Å². The predicted molar refractivity (Wildman–Crippen MR) is 93.2 cm³/mol. The fraction of sp³-hybridized carbons (Fsp3) is 0.500. The summed E-state index contributed by atoms with van der Waals surface area (Å²) in [7, 11) is 0. The Kier molecular flexibility index (Phi) is 5.14. The van der Waals surface area contributed by atoms with Crippen LogP contribution in [0.5, 0.6) is 0 Å². The van der Waals surface area contributed by atoms with Crippen LogP contribution in [0.4, 0.5) is 5.13 Å². The quantitative estimate of drug-likeness (QED) is 0.775. The minimum Gasteiger partial charge on any atom is -0.374 e. The molecule has 1 unspecified atom stereocenters. The number of hydrogen-bond acceptors (Lipinski definition) is 8. The second-order valence-corrected chi connectivity index (χ2v) is 7.86. The Balaban J connectivity index is 1.62. The summed E-state index contributed by atoms with van der Waals surface area (Å²) in [5, 5.41) is 8.04. The van der Waals surface area contributed by atoms with Crippen LogP contribution in [0, 0.1) is 6.92 Å². The van der Waals surface area contributed by atoms with Gasteiger partial charge in [0.05, 0.1) is 11.4 Å². The van der Waals surface area contributed by atoms with Gasteiger partial charge in [-0.05, 0) is 19.8 Å². The van der Waals surface area contributed by atoms with Crippen LogP contribution < -0.4 is 11.3 Å². The summed E-state index contributed by atoms with van der Waals surface area (Å²) in [5.41, 5.74) is 6.15. The number of amides is 1. The molecule has 2 aromatic rings. The molecular formula is C14H18N6O2S2. The van der Waals surface area contributed by atoms with E-state index in [-0.39, 0.29) is 17.4 Å². The van der Waals surface area contributed by atoms with Crippen molar-refractivity contribution in [2.24, 2.45) is 0 Å². The van der Waals surface area contributed by atoms with Gasteiger partial charge in [0.1, 0.15) is 5.82 Å². The van der Waals surface area contributed by atoms with Gasteiger partial charge in [-0.3, -0.25) is 9.59 Å². The number of H-pyrrole nitrogens is 1. The lowest BCUT2D eigenvalue weighted by Crippen LogP contribution is -2.40. The number of hydrogen-bond donors (Lipinski definition) is 2. The first-order chi connectivity index (χ1) is 11.5. The standard InChI is InChI=1S/C14H18N6O2S2/c1-8-16-10(5-11(21)17-8)9-3-2-4-20(6-9)12(22)7-23-14-19-18-13(15)24-14/h5,9H,2-4,6-7H2,1H3,(H2,15,18)(H,16,17,21). The van der Waals surface area contributed by atoms with Crippen LogP contribution in [0.2, 0.25) is 0 Å². The van der Waals surface area contributed by atoms with Crippen LogP contribution in [-0.4, -0.2) is 49.8 Å². The van der Waals surface area contributed by atoms with Crippen LogP contribution in [0.15, 0.2) is 15.2 Å². The Bertz CT molecular complexity index is 790. The van der Waals surface area contributed by atoms with Crippen molar-refractivity contribution in [2.75, 3.05) is 24.6 Å². The van der Waals surface area contributed by atoms with E-state index in [1.165, 1.54) is 29.2 Å². The van der Waals surface area contributed by atoms with E-state index in [2.05, 4.69) is 20.2 Å². The number of aryl methyl sites for hydroxylation is 1. The van der Waals surface area contributed by atoms with E-state index in [1.807, 2.05) is 4.90 Å². The summed E-state index contributed by atoms with van der Waals surface area (Å²) in [6.07, 6.45) is 1.83. The maximum absolute atomic E-state index is 12.4. The Morgan fingerprint density at radius 3 is 3.08 bits per heavy atom. The third-order valence-corrected chi connectivity index (χ3v) is 5.68. The number of likely N-dealkylation sites (tertiary alicyclic amines) is 1. The van der Waals surface area contributed by atoms with E-state index in [0.717, 1.165) is 25.1 Å². The molecule has 0 saturated carbocycles. The number of anilines is 1. The second-order valence-electron chi connectivity index (χ2n) is 5.63. The molecule has 1 aliphatic heterocycles. The normalized spacial score (nSPS) is 17.9. The zero-order valence-electron chi connectivity index (χ0n) is 13.2. The molecule has 1 saturated heterocycles. The molecule has 24 heavy (non-hydrogen) atoms. The van der Waals surface area contributed by atoms with E-state index in [0.29, 0.717) is 27.6 Å². The molecule has 1 fully saturated rings. The summed E-state index contributed by atoms with van der Waals surface area (Å²) >= 11 is 2.62. The van der Waals surface area contributed by atoms with Crippen LogP contribution in [0.25, 0.3) is 0 Å². The van der Waals surface area contributed by atoms with Crippen molar-refractivity contribution in [3.8, 4) is 0 Å². The Labute approximate surface area is 146 Å². The first-order valence-corrected chi connectivity index (χ1v) is 9.39. The molecule has 10 heteroatoms. The number of nitrogens with zero attached hydrogens (tertiary/aromatic N) is 4. The minimum absolute atomic E-state index is 0.0556. The number of thioether (sulfide) groups is 1. The Morgan fingerprint density at radius 1 is 1.54 bits per heavy atom. The number of rotatable bonds is 4. The van der Waals surface area contributed by atoms with Gasteiger partial charge in [0.25, 0.3) is 5.56 Å². The lowest BCUT2D eigenvalue weighted by molar-refractivity contribution is -0.129. The number of nitrogen functional groups attached to an aromatic ring is 1. The van der Waals surface area contributed by atoms with Crippen LogP contribution in [0.3, 0.4) is 0 Å². The molecule has 0 aromatic carbocycles. The number of carbonyl (C=O) groups excluding carboxylic acids is 1. The van der Waals surface area contributed by atoms with Crippen molar-refractivity contribution in [1.82, 2.24) is 25.1 Å². The molecular weight excluding hydrogens is 348 g/mol. The van der Waals surface area contributed by atoms with Gasteiger partial charge >= 0.3 is 0 Å². The lowest BCUT2D eigenvalue weighted by atomic mass is 9.94. The van der Waals surface area contributed by atoms with E-state index in [4.69, 9.17) is 5.73 Å². The van der Waals surface area contributed by atoms with Crippen LogP contribution in [-0.2, 0) is 4.79 Å². The van der Waals surface area contributed by atoms with Crippen molar-refractivity contribution in [2.45, 2.75) is 30.0 Å². The number of nitrogens with two attached hydrogens (primary N) is 1. The monoisotopic (exact) mass is 366 g/mol. The maximum atomic E-state index is 12.4. The first-order valence-electron chi connectivity index (χ1n) is 7.58. The molecule has 1 amide bonds. The highest BCUT2D eigenvalue weighted by molar-refractivity contribution is 8.01.